The quantitative estimate of drug-likeness (QED) is 0.700. The summed E-state index contributed by atoms with van der Waals surface area (Å²) in [6, 6.07) is 15.9. The minimum Gasteiger partial charge on any atom is -0.329 e. The molecule has 0 saturated heterocycles. The predicted octanol–water partition coefficient (Wildman–Crippen LogP) is 4.68. The summed E-state index contributed by atoms with van der Waals surface area (Å²) in [4.78, 5) is 17.1. The number of para-hydroxylation sites is 2. The van der Waals surface area contributed by atoms with Gasteiger partial charge in [-0.25, -0.2) is 4.98 Å². The number of anilines is 1. The van der Waals surface area contributed by atoms with Crippen LogP contribution >= 0.6 is 15.9 Å². The maximum atomic E-state index is 12.4. The number of rotatable bonds is 2. The molecule has 5 heteroatoms. The molecule has 1 aromatic heterocycles. The zero-order valence-electron chi connectivity index (χ0n) is 13.4. The molecule has 1 atom stereocenters. The van der Waals surface area contributed by atoms with Gasteiger partial charge in [0.05, 0.1) is 17.1 Å². The molecular weight excluding hydrogens is 366 g/mol. The van der Waals surface area contributed by atoms with Crippen LogP contribution in [-0.4, -0.2) is 15.3 Å². The first kappa shape index (κ1) is 15.1. The van der Waals surface area contributed by atoms with Crippen LogP contribution in [0.2, 0.25) is 0 Å². The highest BCUT2D eigenvalue weighted by Crippen LogP contribution is 2.39. The van der Waals surface area contributed by atoms with Crippen LogP contribution in [0.15, 0.2) is 64.3 Å². The number of nitrogens with zero attached hydrogens (tertiary/aromatic N) is 2. The summed E-state index contributed by atoms with van der Waals surface area (Å²) in [5.41, 5.74) is 4.62. The summed E-state index contributed by atoms with van der Waals surface area (Å²) in [5.74, 6) is 0.836. The Kier molecular flexibility index (Phi) is 3.53. The molecule has 24 heavy (non-hydrogen) atoms. The fourth-order valence-corrected chi connectivity index (χ4v) is 3.64. The zero-order valence-corrected chi connectivity index (χ0v) is 15.0. The topological polar surface area (TPSA) is 46.9 Å². The number of ketones is 1. The van der Waals surface area contributed by atoms with Crippen LogP contribution in [0.4, 0.5) is 5.95 Å². The lowest BCUT2D eigenvalue weighted by molar-refractivity contribution is -0.114. The van der Waals surface area contributed by atoms with E-state index >= 15 is 0 Å². The number of aromatic nitrogens is 2. The molecular formula is C19H16BrN3O. The van der Waals surface area contributed by atoms with Gasteiger partial charge in [-0.15, -0.1) is 0 Å². The minimum absolute atomic E-state index is 0.0661. The zero-order chi connectivity index (χ0) is 16.8. The van der Waals surface area contributed by atoms with Crippen molar-refractivity contribution in [3.63, 3.8) is 0 Å². The van der Waals surface area contributed by atoms with Crippen molar-refractivity contribution >= 4 is 38.7 Å². The lowest BCUT2D eigenvalue weighted by Gasteiger charge is -2.30. The molecule has 0 saturated carbocycles. The molecule has 4 rings (SSSR count). The van der Waals surface area contributed by atoms with Gasteiger partial charge in [-0.2, -0.15) is 0 Å². The average Bonchev–Trinajstić information content (AvgIpc) is 2.92. The van der Waals surface area contributed by atoms with Crippen molar-refractivity contribution < 1.29 is 4.79 Å². The lowest BCUT2D eigenvalue weighted by atomic mass is 9.92. The van der Waals surface area contributed by atoms with Gasteiger partial charge in [-0.3, -0.25) is 9.36 Å². The summed E-state index contributed by atoms with van der Waals surface area (Å²) < 4.78 is 3.13. The van der Waals surface area contributed by atoms with Crippen LogP contribution in [0.1, 0.15) is 25.5 Å². The molecule has 1 unspecified atom stereocenters. The second kappa shape index (κ2) is 5.60. The maximum absolute atomic E-state index is 12.4. The Hall–Kier alpha value is -2.40. The molecule has 0 amide bonds. The largest absolute Gasteiger partial charge is 0.329 e. The number of halogens is 1. The van der Waals surface area contributed by atoms with Crippen molar-refractivity contribution in [2.75, 3.05) is 5.32 Å². The van der Waals surface area contributed by atoms with Crippen molar-refractivity contribution in [1.29, 1.82) is 0 Å². The predicted molar refractivity (Wildman–Crippen MR) is 99.0 cm³/mol. The van der Waals surface area contributed by atoms with E-state index in [9.17, 15) is 4.79 Å². The minimum atomic E-state index is -0.181. The Morgan fingerprint density at radius 2 is 1.88 bits per heavy atom. The van der Waals surface area contributed by atoms with Crippen LogP contribution in [0.5, 0.6) is 0 Å². The highest BCUT2D eigenvalue weighted by Gasteiger charge is 2.32. The number of benzene rings is 2. The molecule has 120 valence electrons. The van der Waals surface area contributed by atoms with Crippen molar-refractivity contribution in [3.8, 4) is 0 Å². The number of allylic oxidation sites excluding steroid dienone is 2. The van der Waals surface area contributed by atoms with E-state index in [0.29, 0.717) is 0 Å². The van der Waals surface area contributed by atoms with E-state index < -0.39 is 0 Å². The first-order chi connectivity index (χ1) is 11.6. The summed E-state index contributed by atoms with van der Waals surface area (Å²) >= 11 is 3.48. The SMILES string of the molecule is CC(=O)C1=C(C)Nc2nc3ccccc3n2C1c1ccc(Br)cc1. The Morgan fingerprint density at radius 3 is 2.58 bits per heavy atom. The van der Waals surface area contributed by atoms with Crippen molar-refractivity contribution in [2.24, 2.45) is 0 Å². The third kappa shape index (κ3) is 2.27. The first-order valence-electron chi connectivity index (χ1n) is 7.77. The van der Waals surface area contributed by atoms with Crippen LogP contribution in [0, 0.1) is 0 Å². The number of nitrogens with one attached hydrogen (secondary N) is 1. The Morgan fingerprint density at radius 1 is 1.17 bits per heavy atom. The van der Waals surface area contributed by atoms with Gasteiger partial charge in [0, 0.05) is 15.7 Å². The molecule has 2 heterocycles. The van der Waals surface area contributed by atoms with Gasteiger partial charge in [0.15, 0.2) is 5.78 Å². The Labute approximate surface area is 148 Å². The second-order valence-corrected chi connectivity index (χ2v) is 6.88. The highest BCUT2D eigenvalue weighted by molar-refractivity contribution is 9.10. The summed E-state index contributed by atoms with van der Waals surface area (Å²) in [6.07, 6.45) is 0. The molecule has 0 spiro atoms. The molecule has 1 aliphatic heterocycles. The van der Waals surface area contributed by atoms with E-state index in [4.69, 9.17) is 0 Å². The lowest BCUT2D eigenvalue weighted by Crippen LogP contribution is -2.26. The van der Waals surface area contributed by atoms with Crippen LogP contribution in [0.3, 0.4) is 0 Å². The molecule has 1 aliphatic rings. The number of Topliss-reactive ketones (excluding diaryl/α,β-unsaturated/α-hetero) is 1. The van der Waals surface area contributed by atoms with E-state index in [1.165, 1.54) is 0 Å². The first-order valence-corrected chi connectivity index (χ1v) is 8.56. The van der Waals surface area contributed by atoms with Gasteiger partial charge in [-0.1, -0.05) is 40.2 Å². The Bertz CT molecular complexity index is 986. The van der Waals surface area contributed by atoms with Crippen LogP contribution in [-0.2, 0) is 4.79 Å². The van der Waals surface area contributed by atoms with Gasteiger partial charge < -0.3 is 5.32 Å². The van der Waals surface area contributed by atoms with Crippen molar-refractivity contribution in [1.82, 2.24) is 9.55 Å². The summed E-state index contributed by atoms with van der Waals surface area (Å²) in [6.45, 7) is 3.56. The number of hydrogen-bond donors (Lipinski definition) is 1. The molecule has 2 aromatic carbocycles. The van der Waals surface area contributed by atoms with Crippen molar-refractivity contribution in [3.05, 3.63) is 69.8 Å². The van der Waals surface area contributed by atoms with Gasteiger partial charge in [0.1, 0.15) is 0 Å². The average molecular weight is 382 g/mol. The molecule has 0 bridgehead atoms. The smallest absolute Gasteiger partial charge is 0.209 e. The number of fused-ring (bicyclic) bond motifs is 3. The number of carbonyl (C=O) groups excluding carboxylic acids is 1. The number of carbonyl (C=O) groups is 1. The normalized spacial score (nSPS) is 16.9. The van der Waals surface area contributed by atoms with Crippen LogP contribution < -0.4 is 5.32 Å². The van der Waals surface area contributed by atoms with E-state index in [2.05, 4.69) is 42.9 Å². The maximum Gasteiger partial charge on any atom is 0.209 e. The van der Waals surface area contributed by atoms with E-state index in [0.717, 1.165) is 38.3 Å². The monoisotopic (exact) mass is 381 g/mol. The summed E-state index contributed by atoms with van der Waals surface area (Å²) in [7, 11) is 0. The van der Waals surface area contributed by atoms with Crippen LogP contribution in [0.25, 0.3) is 11.0 Å². The van der Waals surface area contributed by atoms with Gasteiger partial charge in [0.25, 0.3) is 0 Å². The number of imidazole rings is 1. The van der Waals surface area contributed by atoms with Crippen molar-refractivity contribution in [2.45, 2.75) is 19.9 Å². The van der Waals surface area contributed by atoms with E-state index in [-0.39, 0.29) is 11.8 Å². The van der Waals surface area contributed by atoms with Gasteiger partial charge >= 0.3 is 0 Å². The molecule has 0 aliphatic carbocycles. The molecule has 0 fully saturated rings. The third-order valence-electron chi connectivity index (χ3n) is 4.40. The van der Waals surface area contributed by atoms with E-state index in [1.54, 1.807) is 6.92 Å². The third-order valence-corrected chi connectivity index (χ3v) is 4.92. The summed E-state index contributed by atoms with van der Waals surface area (Å²) in [5, 5.41) is 3.29. The van der Waals surface area contributed by atoms with Gasteiger partial charge in [0.2, 0.25) is 5.95 Å². The van der Waals surface area contributed by atoms with E-state index in [1.807, 2.05) is 43.3 Å². The number of hydrogen-bond acceptors (Lipinski definition) is 3. The molecule has 1 N–H and O–H groups in total. The standard InChI is InChI=1S/C19H16BrN3O/c1-11-17(12(2)24)18(13-7-9-14(20)10-8-13)23-16-6-4-3-5-15(16)22-19(23)21-11/h3-10,18H,1-2H3,(H,21,22). The molecule has 3 aromatic rings. The second-order valence-electron chi connectivity index (χ2n) is 5.97. The van der Waals surface area contributed by atoms with Gasteiger partial charge in [-0.05, 0) is 43.7 Å². The fourth-order valence-electron chi connectivity index (χ4n) is 3.38. The Balaban J connectivity index is 2.03. The fraction of sp³-hybridized carbons (Fsp3) is 0.158. The highest BCUT2D eigenvalue weighted by atomic mass is 79.9. The molecule has 4 nitrogen and oxygen atoms in total. The molecule has 0 radical (unpaired) electrons.